The van der Waals surface area contributed by atoms with E-state index in [0.717, 1.165) is 38.8 Å². The van der Waals surface area contributed by atoms with Gasteiger partial charge in [0.2, 0.25) is 0 Å². The molecule has 0 saturated carbocycles. The number of fused-ring (bicyclic) bond motifs is 7. The summed E-state index contributed by atoms with van der Waals surface area (Å²) in [6.07, 6.45) is 9.28. The van der Waals surface area contributed by atoms with Gasteiger partial charge in [0.1, 0.15) is 35.6 Å². The van der Waals surface area contributed by atoms with Crippen LogP contribution in [0.15, 0.2) is 30.3 Å². The van der Waals surface area contributed by atoms with Crippen LogP contribution in [-0.2, 0) is 0 Å². The highest BCUT2D eigenvalue weighted by atomic mass is 19.1. The van der Waals surface area contributed by atoms with E-state index >= 15 is 8.78 Å². The van der Waals surface area contributed by atoms with Gasteiger partial charge in [-0.3, -0.25) is 4.90 Å². The molecule has 4 fully saturated rings. The number of nitrogens with zero attached hydrogens (tertiary/aromatic N) is 5. The van der Waals surface area contributed by atoms with E-state index < -0.39 is 23.3 Å². The van der Waals surface area contributed by atoms with Crippen molar-refractivity contribution in [2.45, 2.75) is 81.7 Å². The predicted octanol–water partition coefficient (Wildman–Crippen LogP) is 6.12. The first-order valence-corrected chi connectivity index (χ1v) is 16.9. The minimum atomic E-state index is -0.895. The Morgan fingerprint density at radius 3 is 2.81 bits per heavy atom. The first-order chi connectivity index (χ1) is 22.8. The van der Waals surface area contributed by atoms with E-state index in [1.807, 2.05) is 6.07 Å². The molecule has 47 heavy (non-hydrogen) atoms. The maximum absolute atomic E-state index is 17.2. The lowest BCUT2D eigenvalue weighted by molar-refractivity contribution is 0.107. The van der Waals surface area contributed by atoms with E-state index in [4.69, 9.17) is 26.1 Å². The fourth-order valence-corrected chi connectivity index (χ4v) is 9.54. The number of halogens is 3. The highest BCUT2D eigenvalue weighted by Gasteiger charge is 2.50. The number of benzene rings is 2. The van der Waals surface area contributed by atoms with Crippen LogP contribution in [0.4, 0.5) is 19.0 Å². The third kappa shape index (κ3) is 4.25. The molecule has 7 heterocycles. The number of hydrogen-bond donors (Lipinski definition) is 1. The molecule has 10 heteroatoms. The SMILES string of the molecule is C#Cc1c(F)ccc2cccc(-c3nc4c5c(nc(OC[C@@]67CCCN6C[C@H](F)C7)nc5c3F)N3C[C@H]5CC[C@H](N5)[C@@H]3[C@@H](C)[C@H]4C)c12. The molecule has 0 spiro atoms. The fraction of sp³-hybridized carbons (Fsp3) is 0.486. The van der Waals surface area contributed by atoms with E-state index in [1.54, 1.807) is 18.2 Å². The van der Waals surface area contributed by atoms with Crippen LogP contribution in [0, 0.1) is 29.9 Å². The van der Waals surface area contributed by atoms with Crippen molar-refractivity contribution in [2.75, 3.05) is 31.1 Å². The standard InChI is InChI=1S/C37H37F3N6O/c1-4-24-26(39)11-9-21-7-5-8-25(28(21)24)32-30(40)33-29-31(42-32)19(2)20(3)34-27-12-10-23(41-27)17-46(34)35(29)44-36(43-33)47-18-37-13-6-14-45(37)16-22(38)15-37/h1,5,7-9,11,19-20,22-23,27,34,41H,6,10,12-18H2,2-3H3/t19-,20+,22-,23-,27+,34+,37+/m1/s1. The Kier molecular flexibility index (Phi) is 6.55. The minimum absolute atomic E-state index is 0.0651. The maximum atomic E-state index is 17.2. The van der Waals surface area contributed by atoms with Gasteiger partial charge in [-0.1, -0.05) is 44.0 Å². The summed E-state index contributed by atoms with van der Waals surface area (Å²) in [4.78, 5) is 19.4. The number of nitrogens with one attached hydrogen (secondary N) is 1. The predicted molar refractivity (Wildman–Crippen MR) is 175 cm³/mol. The molecule has 5 aliphatic heterocycles. The van der Waals surface area contributed by atoms with Crippen LogP contribution >= 0.6 is 0 Å². The molecule has 0 radical (unpaired) electrons. The molecule has 2 aromatic carbocycles. The Hall–Kier alpha value is -3.94. The van der Waals surface area contributed by atoms with Gasteiger partial charge in [0.25, 0.3) is 0 Å². The second-order valence-corrected chi connectivity index (χ2v) is 14.4. The van der Waals surface area contributed by atoms with Gasteiger partial charge in [-0.05, 0) is 49.6 Å². The molecule has 5 aliphatic rings. The van der Waals surface area contributed by atoms with Gasteiger partial charge in [0.05, 0.1) is 22.2 Å². The number of aromatic nitrogens is 3. The number of alkyl halides is 1. The van der Waals surface area contributed by atoms with Gasteiger partial charge < -0.3 is 15.0 Å². The lowest BCUT2D eigenvalue weighted by Gasteiger charge is -2.44. The van der Waals surface area contributed by atoms with Crippen LogP contribution in [0.1, 0.15) is 63.1 Å². The molecule has 9 rings (SSSR count). The third-order valence-electron chi connectivity index (χ3n) is 11.9. The molecule has 0 aliphatic carbocycles. The molecule has 4 saturated heterocycles. The Bertz CT molecular complexity index is 2000. The molecule has 242 valence electrons. The number of piperazine rings is 1. The summed E-state index contributed by atoms with van der Waals surface area (Å²) in [5.41, 5.74) is 0.991. The van der Waals surface area contributed by atoms with E-state index in [2.05, 4.69) is 34.9 Å². The van der Waals surface area contributed by atoms with E-state index in [9.17, 15) is 4.39 Å². The average Bonchev–Trinajstić information content (AvgIpc) is 3.72. The molecule has 2 aromatic heterocycles. The largest absolute Gasteiger partial charge is 0.461 e. The Balaban J connectivity index is 1.27. The monoisotopic (exact) mass is 638 g/mol. The summed E-state index contributed by atoms with van der Waals surface area (Å²) < 4.78 is 53.2. The Labute approximate surface area is 271 Å². The van der Waals surface area contributed by atoms with E-state index in [1.165, 1.54) is 6.07 Å². The van der Waals surface area contributed by atoms with Gasteiger partial charge in [-0.15, -0.1) is 6.42 Å². The normalized spacial score (nSPS) is 31.2. The summed E-state index contributed by atoms with van der Waals surface area (Å²) in [7, 11) is 0. The summed E-state index contributed by atoms with van der Waals surface area (Å²) in [5, 5.41) is 5.54. The lowest BCUT2D eigenvalue weighted by atomic mass is 9.82. The van der Waals surface area contributed by atoms with Gasteiger partial charge in [0, 0.05) is 54.5 Å². The van der Waals surface area contributed by atoms with E-state index in [0.29, 0.717) is 52.2 Å². The summed E-state index contributed by atoms with van der Waals surface area (Å²) in [6, 6.07) is 9.14. The van der Waals surface area contributed by atoms with Crippen molar-refractivity contribution in [3.8, 4) is 29.6 Å². The zero-order valence-electron chi connectivity index (χ0n) is 26.6. The lowest BCUT2D eigenvalue weighted by Crippen LogP contribution is -2.60. The number of anilines is 1. The molecular formula is C37H37F3N6O. The first-order valence-electron chi connectivity index (χ1n) is 16.9. The molecule has 1 N–H and O–H groups in total. The highest BCUT2D eigenvalue weighted by molar-refractivity contribution is 6.03. The summed E-state index contributed by atoms with van der Waals surface area (Å²) >= 11 is 0. The number of rotatable bonds is 4. The highest BCUT2D eigenvalue weighted by Crippen LogP contribution is 2.48. The molecular weight excluding hydrogens is 601 g/mol. The molecule has 7 nitrogen and oxygen atoms in total. The van der Waals surface area contributed by atoms with Crippen LogP contribution < -0.4 is 15.0 Å². The Morgan fingerprint density at radius 2 is 1.96 bits per heavy atom. The topological polar surface area (TPSA) is 66.4 Å². The molecule has 0 amide bonds. The van der Waals surface area contributed by atoms with Crippen molar-refractivity contribution in [1.82, 2.24) is 25.2 Å². The quantitative estimate of drug-likeness (QED) is 0.270. The van der Waals surface area contributed by atoms with Crippen molar-refractivity contribution >= 4 is 27.5 Å². The van der Waals surface area contributed by atoms with Crippen molar-refractivity contribution in [2.24, 2.45) is 5.92 Å². The molecule has 2 bridgehead atoms. The van der Waals surface area contributed by atoms with Crippen molar-refractivity contribution in [1.29, 1.82) is 0 Å². The number of pyridine rings is 1. The summed E-state index contributed by atoms with van der Waals surface area (Å²) in [6.45, 7) is 6.61. The Morgan fingerprint density at radius 1 is 1.09 bits per heavy atom. The van der Waals surface area contributed by atoms with Gasteiger partial charge in [-0.2, -0.15) is 9.97 Å². The van der Waals surface area contributed by atoms with Gasteiger partial charge in [-0.25, -0.2) is 18.2 Å². The van der Waals surface area contributed by atoms with Crippen molar-refractivity contribution in [3.05, 3.63) is 53.2 Å². The summed E-state index contributed by atoms with van der Waals surface area (Å²) in [5.74, 6) is 2.04. The van der Waals surface area contributed by atoms with Crippen LogP contribution in [0.2, 0.25) is 0 Å². The molecule has 7 atom stereocenters. The van der Waals surface area contributed by atoms with Gasteiger partial charge >= 0.3 is 6.01 Å². The minimum Gasteiger partial charge on any atom is -0.461 e. The number of terminal acetylenes is 1. The average molecular weight is 639 g/mol. The zero-order chi connectivity index (χ0) is 32.2. The van der Waals surface area contributed by atoms with E-state index in [-0.39, 0.29) is 53.3 Å². The zero-order valence-corrected chi connectivity index (χ0v) is 26.6. The van der Waals surface area contributed by atoms with Crippen molar-refractivity contribution in [3.63, 3.8) is 0 Å². The fourth-order valence-electron chi connectivity index (χ4n) is 9.54. The van der Waals surface area contributed by atoms with Crippen LogP contribution in [-0.4, -0.2) is 75.9 Å². The maximum Gasteiger partial charge on any atom is 0.319 e. The van der Waals surface area contributed by atoms with Crippen LogP contribution in [0.3, 0.4) is 0 Å². The van der Waals surface area contributed by atoms with Crippen molar-refractivity contribution < 1.29 is 17.9 Å². The second kappa shape index (κ2) is 10.5. The first kappa shape index (κ1) is 29.2. The van der Waals surface area contributed by atoms with Crippen LogP contribution in [0.25, 0.3) is 32.9 Å². The number of ether oxygens (including phenoxy) is 1. The second-order valence-electron chi connectivity index (χ2n) is 14.4. The number of hydrogen-bond acceptors (Lipinski definition) is 7. The third-order valence-corrected chi connectivity index (χ3v) is 11.9. The molecule has 0 unspecified atom stereocenters. The molecule has 4 aromatic rings. The van der Waals surface area contributed by atoms with Gasteiger partial charge in [0.15, 0.2) is 5.82 Å². The van der Waals surface area contributed by atoms with Crippen LogP contribution in [0.5, 0.6) is 6.01 Å². The smallest absolute Gasteiger partial charge is 0.319 e.